The monoisotopic (exact) mass is 544 g/mol. The molecule has 3 rings (SSSR count). The number of halogens is 2. The normalized spacial score (nSPS) is 11.9. The summed E-state index contributed by atoms with van der Waals surface area (Å²) >= 11 is 11.8. The van der Waals surface area contributed by atoms with Crippen molar-refractivity contribution in [3.63, 3.8) is 0 Å². The van der Waals surface area contributed by atoms with Crippen molar-refractivity contribution in [2.24, 2.45) is 0 Å². The number of benzene rings is 3. The number of ether oxygens (including phenoxy) is 2. The molecule has 10 nitrogen and oxygen atoms in total. The van der Waals surface area contributed by atoms with Gasteiger partial charge in [0.2, 0.25) is 12.2 Å². The molecule has 12 heteroatoms. The van der Waals surface area contributed by atoms with Crippen LogP contribution in [0.1, 0.15) is 31.1 Å². The number of esters is 2. The third-order valence-electron chi connectivity index (χ3n) is 4.74. The lowest BCUT2D eigenvalue weighted by molar-refractivity contribution is -0.159. The van der Waals surface area contributed by atoms with Gasteiger partial charge in [0.05, 0.1) is 21.7 Å². The van der Waals surface area contributed by atoms with Crippen LogP contribution in [0.25, 0.3) is 0 Å². The summed E-state index contributed by atoms with van der Waals surface area (Å²) in [4.78, 5) is 62.5. The van der Waals surface area contributed by atoms with E-state index in [1.165, 1.54) is 66.7 Å². The first-order valence-corrected chi connectivity index (χ1v) is 11.2. The van der Waals surface area contributed by atoms with Crippen LogP contribution in [0, 0.1) is 0 Å². The number of hydrazine groups is 1. The van der Waals surface area contributed by atoms with Crippen LogP contribution in [0.3, 0.4) is 0 Å². The lowest BCUT2D eigenvalue weighted by Gasteiger charge is -2.23. The highest BCUT2D eigenvalue weighted by Crippen LogP contribution is 2.20. The number of carboxylic acids is 1. The maximum atomic E-state index is 12.9. The second kappa shape index (κ2) is 12.5. The molecule has 0 aliphatic carbocycles. The summed E-state index contributed by atoms with van der Waals surface area (Å²) in [7, 11) is 0. The average Bonchev–Trinajstić information content (AvgIpc) is 2.89. The molecule has 0 fully saturated rings. The molecule has 0 aliphatic rings. The number of carbonyl (C=O) groups excluding carboxylic acids is 4. The van der Waals surface area contributed by atoms with E-state index >= 15 is 0 Å². The smallest absolute Gasteiger partial charge is 0.349 e. The molecule has 2 atom stereocenters. The van der Waals surface area contributed by atoms with Crippen LogP contribution in [0.5, 0.6) is 0 Å². The Morgan fingerprint density at radius 3 is 1.70 bits per heavy atom. The zero-order valence-corrected chi connectivity index (χ0v) is 20.2. The molecule has 0 bridgehead atoms. The zero-order valence-electron chi connectivity index (χ0n) is 18.7. The van der Waals surface area contributed by atoms with E-state index in [9.17, 15) is 29.1 Å². The van der Waals surface area contributed by atoms with Gasteiger partial charge in [0.1, 0.15) is 0 Å². The Bertz CT molecular complexity index is 1320. The van der Waals surface area contributed by atoms with Crippen molar-refractivity contribution in [3.8, 4) is 0 Å². The van der Waals surface area contributed by atoms with E-state index in [2.05, 4.69) is 0 Å². The van der Waals surface area contributed by atoms with Crippen LogP contribution >= 0.6 is 23.2 Å². The van der Waals surface area contributed by atoms with Gasteiger partial charge in [-0.1, -0.05) is 59.6 Å². The van der Waals surface area contributed by atoms with Crippen LogP contribution < -0.4 is 10.9 Å². The molecule has 3 aromatic carbocycles. The van der Waals surface area contributed by atoms with E-state index in [0.717, 1.165) is 0 Å². The predicted octanol–water partition coefficient (Wildman–Crippen LogP) is 3.29. The highest BCUT2D eigenvalue weighted by atomic mass is 35.5. The minimum absolute atomic E-state index is 0.00388. The van der Waals surface area contributed by atoms with Crippen LogP contribution in [-0.4, -0.2) is 47.0 Å². The topological polar surface area (TPSA) is 148 Å². The number of amides is 2. The summed E-state index contributed by atoms with van der Waals surface area (Å²) in [5, 5.41) is 9.97. The number of carbonyl (C=O) groups is 5. The number of nitrogens with one attached hydrogen (secondary N) is 2. The van der Waals surface area contributed by atoms with E-state index in [0.29, 0.717) is 0 Å². The van der Waals surface area contributed by atoms with Gasteiger partial charge in [-0.05, 0) is 42.5 Å². The molecule has 2 amide bonds. The summed E-state index contributed by atoms with van der Waals surface area (Å²) in [6, 6.07) is 18.8. The Labute approximate surface area is 220 Å². The summed E-state index contributed by atoms with van der Waals surface area (Å²) < 4.78 is 10.1. The predicted molar refractivity (Wildman–Crippen MR) is 131 cm³/mol. The Morgan fingerprint density at radius 2 is 1.22 bits per heavy atom. The maximum absolute atomic E-state index is 12.9. The van der Waals surface area contributed by atoms with Gasteiger partial charge in [0.25, 0.3) is 11.8 Å². The molecular weight excluding hydrogens is 527 g/mol. The second-order valence-electron chi connectivity index (χ2n) is 7.29. The van der Waals surface area contributed by atoms with Gasteiger partial charge in [-0.2, -0.15) is 0 Å². The van der Waals surface area contributed by atoms with Crippen LogP contribution in [-0.2, 0) is 19.1 Å². The molecule has 0 spiro atoms. The largest absolute Gasteiger partial charge is 0.478 e. The van der Waals surface area contributed by atoms with Gasteiger partial charge in [-0.15, -0.1) is 0 Å². The van der Waals surface area contributed by atoms with Crippen LogP contribution in [0.2, 0.25) is 10.0 Å². The zero-order chi connectivity index (χ0) is 26.9. The average molecular weight is 545 g/mol. The Balaban J connectivity index is 1.83. The molecule has 3 aromatic rings. The fourth-order valence-electron chi connectivity index (χ4n) is 2.94. The number of aliphatic carboxylic acids is 1. The Morgan fingerprint density at radius 1 is 0.703 bits per heavy atom. The van der Waals surface area contributed by atoms with Gasteiger partial charge in [-0.3, -0.25) is 20.4 Å². The maximum Gasteiger partial charge on any atom is 0.349 e. The van der Waals surface area contributed by atoms with Gasteiger partial charge in [0, 0.05) is 5.02 Å². The van der Waals surface area contributed by atoms with Crippen molar-refractivity contribution in [3.05, 3.63) is 106 Å². The molecule has 0 aliphatic heterocycles. The van der Waals surface area contributed by atoms with Crippen molar-refractivity contribution in [1.82, 2.24) is 10.9 Å². The van der Waals surface area contributed by atoms with Gasteiger partial charge in [0.15, 0.2) is 0 Å². The number of rotatable bonds is 8. The second-order valence-corrected chi connectivity index (χ2v) is 8.13. The minimum atomic E-state index is -2.27. The van der Waals surface area contributed by atoms with E-state index in [-0.39, 0.29) is 26.7 Å². The van der Waals surface area contributed by atoms with Gasteiger partial charge in [-0.25, -0.2) is 14.4 Å². The quantitative estimate of drug-likeness (QED) is 0.289. The molecule has 190 valence electrons. The third-order valence-corrected chi connectivity index (χ3v) is 5.29. The Hall–Kier alpha value is -4.41. The Kier molecular flexibility index (Phi) is 9.20. The summed E-state index contributed by atoms with van der Waals surface area (Å²) in [6.07, 6.45) is -4.46. The number of hydrogen-bond donors (Lipinski definition) is 3. The summed E-state index contributed by atoms with van der Waals surface area (Å²) in [5.41, 5.74) is 3.94. The van der Waals surface area contributed by atoms with Crippen molar-refractivity contribution in [2.75, 3.05) is 0 Å². The molecular formula is C25H18Cl2N2O8. The van der Waals surface area contributed by atoms with Crippen molar-refractivity contribution in [1.29, 1.82) is 0 Å². The molecule has 0 saturated carbocycles. The van der Waals surface area contributed by atoms with Crippen LogP contribution in [0.4, 0.5) is 0 Å². The molecule has 0 radical (unpaired) electrons. The number of carboxylic acid groups (broad SMARTS) is 1. The first-order valence-electron chi connectivity index (χ1n) is 10.5. The van der Waals surface area contributed by atoms with E-state index in [1.807, 2.05) is 10.9 Å². The van der Waals surface area contributed by atoms with Crippen LogP contribution in [0.15, 0.2) is 78.9 Å². The number of hydrogen-bond acceptors (Lipinski definition) is 7. The van der Waals surface area contributed by atoms with E-state index in [4.69, 9.17) is 32.7 Å². The van der Waals surface area contributed by atoms with Crippen molar-refractivity contribution < 1.29 is 38.6 Å². The fraction of sp³-hybridized carbons (Fsp3) is 0.0800. The minimum Gasteiger partial charge on any atom is -0.478 e. The van der Waals surface area contributed by atoms with Crippen molar-refractivity contribution in [2.45, 2.75) is 12.2 Å². The highest BCUT2D eigenvalue weighted by Gasteiger charge is 2.41. The molecule has 3 N–H and O–H groups in total. The lowest BCUT2D eigenvalue weighted by Crippen LogP contribution is -2.54. The molecule has 0 saturated heterocycles. The van der Waals surface area contributed by atoms with Crippen molar-refractivity contribution >= 4 is 52.9 Å². The first-order chi connectivity index (χ1) is 17.7. The fourth-order valence-corrected chi connectivity index (χ4v) is 3.43. The van der Waals surface area contributed by atoms with E-state index in [1.54, 1.807) is 12.1 Å². The van der Waals surface area contributed by atoms with Gasteiger partial charge < -0.3 is 14.6 Å². The van der Waals surface area contributed by atoms with Gasteiger partial charge >= 0.3 is 17.9 Å². The molecule has 0 heterocycles. The highest BCUT2D eigenvalue weighted by molar-refractivity contribution is 6.36. The standard InChI is InChI=1S/C25H18Cl2N2O8/c26-16-11-12-17(18(27)13-16)21(30)28-29-22(31)19(36-24(34)14-7-3-1-4-8-14)20(23(32)33)37-25(35)15-9-5-2-6-10-15/h1-13,19-20H,(H,28,30)(H,29,31)(H,32,33)/t19-,20-/m0/s1. The van der Waals surface area contributed by atoms with E-state index < -0.39 is 41.9 Å². The third kappa shape index (κ3) is 7.29. The molecule has 0 aromatic heterocycles. The summed E-state index contributed by atoms with van der Waals surface area (Å²) in [6.45, 7) is 0. The summed E-state index contributed by atoms with van der Waals surface area (Å²) in [5.74, 6) is -6.11. The molecule has 0 unspecified atom stereocenters. The first kappa shape index (κ1) is 27.2. The lowest BCUT2D eigenvalue weighted by atomic mass is 10.1. The molecule has 37 heavy (non-hydrogen) atoms. The SMILES string of the molecule is O=C(O[C@H](C(=O)O)[C@H](OC(=O)c1ccccc1)C(=O)NNC(=O)c1ccc(Cl)cc1Cl)c1ccccc1.